The molecule has 7 nitrogen and oxygen atoms in total. The van der Waals surface area contributed by atoms with Crippen LogP contribution < -0.4 is 15.6 Å². The number of ether oxygens (including phenoxy) is 1. The lowest BCUT2D eigenvalue weighted by Crippen LogP contribution is -2.30. The van der Waals surface area contributed by atoms with Gasteiger partial charge in [-0.2, -0.15) is 0 Å². The summed E-state index contributed by atoms with van der Waals surface area (Å²) in [5.41, 5.74) is 0.627. The zero-order chi connectivity index (χ0) is 20.7. The van der Waals surface area contributed by atoms with E-state index in [-0.39, 0.29) is 23.9 Å². The zero-order valence-electron chi connectivity index (χ0n) is 16.1. The number of hydrogen-bond donors (Lipinski definition) is 1. The molecule has 1 aliphatic rings. The van der Waals surface area contributed by atoms with Crippen LogP contribution in [0, 0.1) is 0 Å². The van der Waals surface area contributed by atoms with Crippen LogP contribution in [0.1, 0.15) is 35.1 Å². The van der Waals surface area contributed by atoms with Crippen LogP contribution in [0.5, 0.6) is 5.75 Å². The van der Waals surface area contributed by atoms with E-state index in [1.165, 1.54) is 27.7 Å². The number of ketones is 1. The Morgan fingerprint density at radius 1 is 1.38 bits per heavy atom. The average molecular weight is 430 g/mol. The molecule has 29 heavy (non-hydrogen) atoms. The lowest BCUT2D eigenvalue weighted by Gasteiger charge is -2.20. The molecule has 1 atom stereocenters. The number of fused-ring (bicyclic) bond motifs is 2. The fraction of sp³-hybridized carbons (Fsp3) is 0.300. The summed E-state index contributed by atoms with van der Waals surface area (Å²) in [6.07, 6.45) is 2.66. The predicted molar refractivity (Wildman–Crippen MR) is 115 cm³/mol. The summed E-state index contributed by atoms with van der Waals surface area (Å²) in [6.45, 7) is 3.68. The number of nitrogens with zero attached hydrogens (tertiary/aromatic N) is 2. The van der Waals surface area contributed by atoms with Gasteiger partial charge in [0.05, 0.1) is 17.1 Å². The van der Waals surface area contributed by atoms with Gasteiger partial charge in [0.15, 0.2) is 17.5 Å². The summed E-state index contributed by atoms with van der Waals surface area (Å²) >= 11 is 2.84. The van der Waals surface area contributed by atoms with Crippen molar-refractivity contribution in [3.05, 3.63) is 45.1 Å². The fourth-order valence-corrected chi connectivity index (χ4v) is 4.92. The Morgan fingerprint density at radius 3 is 2.90 bits per heavy atom. The Balaban J connectivity index is 1.77. The van der Waals surface area contributed by atoms with E-state index in [4.69, 9.17) is 4.74 Å². The van der Waals surface area contributed by atoms with Crippen molar-refractivity contribution in [1.29, 1.82) is 0 Å². The monoisotopic (exact) mass is 429 g/mol. The first-order chi connectivity index (χ1) is 13.9. The molecule has 0 fully saturated rings. The van der Waals surface area contributed by atoms with E-state index in [2.05, 4.69) is 10.3 Å². The van der Waals surface area contributed by atoms with Gasteiger partial charge in [0, 0.05) is 10.4 Å². The van der Waals surface area contributed by atoms with Gasteiger partial charge >= 0.3 is 0 Å². The van der Waals surface area contributed by atoms with Crippen LogP contribution in [-0.2, 0) is 11.2 Å². The SMILES string of the molecule is CCc1cc2c(=O)n(C(C)C(=O)c3ccc4c(c3)NC(=O)CO4)c(SC)nc2s1. The van der Waals surface area contributed by atoms with Gasteiger partial charge in [-0.25, -0.2) is 4.98 Å². The van der Waals surface area contributed by atoms with Crippen LogP contribution in [0.15, 0.2) is 34.2 Å². The lowest BCUT2D eigenvalue weighted by atomic mass is 10.0. The largest absolute Gasteiger partial charge is 0.482 e. The number of carbonyl (C=O) groups excluding carboxylic acids is 2. The van der Waals surface area contributed by atoms with E-state index in [0.717, 1.165) is 11.3 Å². The van der Waals surface area contributed by atoms with Gasteiger partial charge in [-0.3, -0.25) is 19.0 Å². The normalized spacial score (nSPS) is 14.2. The minimum absolute atomic E-state index is 0.0464. The summed E-state index contributed by atoms with van der Waals surface area (Å²) < 4.78 is 6.80. The molecule has 150 valence electrons. The van der Waals surface area contributed by atoms with Gasteiger partial charge in [-0.05, 0) is 43.9 Å². The molecular formula is C20H19N3O4S2. The number of amides is 1. The Hall–Kier alpha value is -2.65. The first kappa shape index (κ1) is 19.7. The Labute approximate surface area is 175 Å². The number of benzene rings is 1. The standard InChI is InChI=1S/C20H19N3O4S2/c1-4-12-8-13-18(29-12)22-20(28-3)23(19(13)26)10(2)17(25)11-5-6-15-14(7-11)21-16(24)9-27-15/h5-8,10H,4,9H2,1-3H3,(H,21,24). The van der Waals surface area contributed by atoms with Crippen LogP contribution in [0.25, 0.3) is 10.2 Å². The third-order valence-corrected chi connectivity index (χ3v) is 6.64. The van der Waals surface area contributed by atoms with E-state index in [9.17, 15) is 14.4 Å². The molecule has 1 N–H and O–H groups in total. The van der Waals surface area contributed by atoms with Crippen molar-refractivity contribution in [2.75, 3.05) is 18.2 Å². The van der Waals surface area contributed by atoms with E-state index >= 15 is 0 Å². The molecule has 4 rings (SSSR count). The zero-order valence-corrected chi connectivity index (χ0v) is 17.8. The van der Waals surface area contributed by atoms with Gasteiger partial charge in [-0.15, -0.1) is 11.3 Å². The number of thioether (sulfide) groups is 1. The number of aryl methyl sites for hydroxylation is 1. The van der Waals surface area contributed by atoms with Crippen LogP contribution in [-0.4, -0.2) is 34.1 Å². The van der Waals surface area contributed by atoms with Gasteiger partial charge in [0.2, 0.25) is 0 Å². The molecule has 1 aromatic carbocycles. The number of aromatic nitrogens is 2. The highest BCUT2D eigenvalue weighted by atomic mass is 32.2. The Bertz CT molecular complexity index is 1200. The van der Waals surface area contributed by atoms with E-state index < -0.39 is 6.04 Å². The van der Waals surface area contributed by atoms with E-state index in [1.807, 2.05) is 19.2 Å². The van der Waals surface area contributed by atoms with Crippen molar-refractivity contribution in [3.8, 4) is 5.75 Å². The molecule has 0 spiro atoms. The second kappa shape index (κ2) is 7.64. The predicted octanol–water partition coefficient (Wildman–Crippen LogP) is 3.52. The number of Topliss-reactive ketones (excluding diaryl/α,β-unsaturated/α-hetero) is 1. The van der Waals surface area contributed by atoms with Crippen molar-refractivity contribution in [1.82, 2.24) is 9.55 Å². The summed E-state index contributed by atoms with van der Waals surface area (Å²) in [4.78, 5) is 44.3. The van der Waals surface area contributed by atoms with Crippen molar-refractivity contribution in [3.63, 3.8) is 0 Å². The molecule has 9 heteroatoms. The average Bonchev–Trinajstić information content (AvgIpc) is 3.15. The maximum absolute atomic E-state index is 13.2. The number of nitrogens with one attached hydrogen (secondary N) is 1. The lowest BCUT2D eigenvalue weighted by molar-refractivity contribution is -0.118. The molecule has 3 heterocycles. The molecule has 1 amide bonds. The topological polar surface area (TPSA) is 90.3 Å². The molecule has 2 aromatic heterocycles. The van der Waals surface area contributed by atoms with E-state index in [1.54, 1.807) is 25.1 Å². The Kier molecular flexibility index (Phi) is 5.18. The van der Waals surface area contributed by atoms with Gasteiger partial charge < -0.3 is 10.1 Å². The molecule has 0 aliphatic carbocycles. The minimum Gasteiger partial charge on any atom is -0.482 e. The van der Waals surface area contributed by atoms with Crippen LogP contribution >= 0.6 is 23.1 Å². The van der Waals surface area contributed by atoms with Gasteiger partial charge in [0.25, 0.3) is 11.5 Å². The second-order valence-electron chi connectivity index (χ2n) is 6.65. The highest BCUT2D eigenvalue weighted by molar-refractivity contribution is 7.98. The summed E-state index contributed by atoms with van der Waals surface area (Å²) in [6, 6.07) is 6.00. The fourth-order valence-electron chi connectivity index (χ4n) is 3.28. The summed E-state index contributed by atoms with van der Waals surface area (Å²) in [7, 11) is 0. The van der Waals surface area contributed by atoms with Crippen molar-refractivity contribution >= 4 is 50.7 Å². The smallest absolute Gasteiger partial charge is 0.263 e. The van der Waals surface area contributed by atoms with Gasteiger partial charge in [0.1, 0.15) is 10.6 Å². The van der Waals surface area contributed by atoms with Crippen LogP contribution in [0.3, 0.4) is 0 Å². The minimum atomic E-state index is -0.745. The first-order valence-corrected chi connectivity index (χ1v) is 11.2. The molecular weight excluding hydrogens is 410 g/mol. The molecule has 0 saturated heterocycles. The third-order valence-electron chi connectivity index (χ3n) is 4.81. The molecule has 3 aromatic rings. The van der Waals surface area contributed by atoms with E-state index in [0.29, 0.717) is 32.4 Å². The molecule has 0 bridgehead atoms. The highest BCUT2D eigenvalue weighted by Crippen LogP contribution is 2.31. The molecule has 0 radical (unpaired) electrons. The molecule has 1 unspecified atom stereocenters. The summed E-state index contributed by atoms with van der Waals surface area (Å²) in [5, 5.41) is 3.74. The maximum atomic E-state index is 13.2. The third kappa shape index (κ3) is 3.44. The molecule has 1 aliphatic heterocycles. The van der Waals surface area contributed by atoms with Crippen molar-refractivity contribution in [2.45, 2.75) is 31.5 Å². The maximum Gasteiger partial charge on any atom is 0.263 e. The van der Waals surface area contributed by atoms with Crippen molar-refractivity contribution < 1.29 is 14.3 Å². The number of anilines is 1. The van der Waals surface area contributed by atoms with Crippen LogP contribution in [0.4, 0.5) is 5.69 Å². The number of thiophene rings is 1. The molecule has 0 saturated carbocycles. The van der Waals surface area contributed by atoms with Crippen LogP contribution in [0.2, 0.25) is 0 Å². The highest BCUT2D eigenvalue weighted by Gasteiger charge is 2.25. The number of carbonyl (C=O) groups is 2. The number of rotatable bonds is 5. The van der Waals surface area contributed by atoms with Gasteiger partial charge in [-0.1, -0.05) is 18.7 Å². The van der Waals surface area contributed by atoms with Crippen molar-refractivity contribution in [2.24, 2.45) is 0 Å². The Morgan fingerprint density at radius 2 is 2.17 bits per heavy atom. The quantitative estimate of drug-likeness (QED) is 0.379. The first-order valence-electron chi connectivity index (χ1n) is 9.12. The summed E-state index contributed by atoms with van der Waals surface area (Å²) in [5.74, 6) is 0.0104. The number of hydrogen-bond acceptors (Lipinski definition) is 7. The second-order valence-corrected chi connectivity index (χ2v) is 8.54.